The number of imide groups is 1. The summed E-state index contributed by atoms with van der Waals surface area (Å²) in [5, 5.41) is 7.84. The number of fused-ring (bicyclic) bond motifs is 1. The number of hydrogen-bond donors (Lipinski definition) is 0. The van der Waals surface area contributed by atoms with Crippen LogP contribution in [-0.4, -0.2) is 28.0 Å². The highest BCUT2D eigenvalue weighted by Crippen LogP contribution is 2.31. The second kappa shape index (κ2) is 8.16. The van der Waals surface area contributed by atoms with Gasteiger partial charge in [0.1, 0.15) is 0 Å². The van der Waals surface area contributed by atoms with E-state index in [1.165, 1.54) is 18.2 Å². The first-order valence-corrected chi connectivity index (χ1v) is 10.2. The highest BCUT2D eigenvalue weighted by Gasteiger charge is 2.37. The third-order valence-electron chi connectivity index (χ3n) is 5.29. The Kier molecular flexibility index (Phi) is 5.02. The second-order valence-corrected chi connectivity index (χ2v) is 7.44. The molecule has 0 unspecified atom stereocenters. The average molecular weight is 439 g/mol. The molecule has 0 atom stereocenters. The minimum Gasteiger partial charge on any atom is -0.452 e. The van der Waals surface area contributed by atoms with Crippen LogP contribution in [0.25, 0.3) is 11.5 Å². The molecule has 8 heteroatoms. The topological polar surface area (TPSA) is 103 Å². The van der Waals surface area contributed by atoms with Crippen LogP contribution in [0.2, 0.25) is 0 Å². The van der Waals surface area contributed by atoms with Gasteiger partial charge in [0.2, 0.25) is 5.89 Å². The van der Waals surface area contributed by atoms with Crippen LogP contribution >= 0.6 is 0 Å². The molecule has 162 valence electrons. The number of carbonyl (C=O) groups excluding carboxylic acids is 3. The quantitative estimate of drug-likeness (QED) is 0.339. The van der Waals surface area contributed by atoms with Gasteiger partial charge in [0.05, 0.1) is 22.4 Å². The van der Waals surface area contributed by atoms with Crippen LogP contribution in [-0.2, 0) is 11.3 Å². The number of aryl methyl sites for hydroxylation is 1. The Morgan fingerprint density at radius 3 is 2.42 bits per heavy atom. The lowest BCUT2D eigenvalue weighted by molar-refractivity contribution is 0.0438. The average Bonchev–Trinajstić information content (AvgIpc) is 3.41. The summed E-state index contributed by atoms with van der Waals surface area (Å²) in [5.41, 5.74) is 2.59. The van der Waals surface area contributed by atoms with E-state index in [-0.39, 0.29) is 29.2 Å². The summed E-state index contributed by atoms with van der Waals surface area (Å²) in [4.78, 5) is 39.5. The Hall–Kier alpha value is -4.59. The van der Waals surface area contributed by atoms with Gasteiger partial charge in [-0.15, -0.1) is 10.2 Å². The van der Waals surface area contributed by atoms with E-state index in [0.717, 1.165) is 16.0 Å². The van der Waals surface area contributed by atoms with Crippen LogP contribution in [0.1, 0.15) is 42.5 Å². The minimum atomic E-state index is -0.674. The Morgan fingerprint density at radius 1 is 0.909 bits per heavy atom. The van der Waals surface area contributed by atoms with E-state index in [1.54, 1.807) is 12.1 Å². The van der Waals surface area contributed by atoms with Crippen molar-refractivity contribution in [1.82, 2.24) is 10.2 Å². The molecule has 0 saturated heterocycles. The number of ether oxygens (including phenoxy) is 1. The smallest absolute Gasteiger partial charge is 0.338 e. The normalized spacial score (nSPS) is 12.7. The molecule has 1 aromatic heterocycles. The molecule has 0 spiro atoms. The van der Waals surface area contributed by atoms with Crippen molar-refractivity contribution in [2.75, 3.05) is 4.90 Å². The molecule has 5 rings (SSSR count). The summed E-state index contributed by atoms with van der Waals surface area (Å²) in [6.45, 7) is 1.60. The van der Waals surface area contributed by atoms with Gasteiger partial charge in [-0.05, 0) is 48.9 Å². The van der Waals surface area contributed by atoms with Gasteiger partial charge in [0.15, 0.2) is 6.61 Å². The third-order valence-corrected chi connectivity index (χ3v) is 5.29. The van der Waals surface area contributed by atoms with Gasteiger partial charge in [-0.25, -0.2) is 9.69 Å². The first-order chi connectivity index (χ1) is 16.0. The van der Waals surface area contributed by atoms with Crippen LogP contribution in [0.5, 0.6) is 0 Å². The fraction of sp³-hybridized carbons (Fsp3) is 0.0800. The molecule has 0 bridgehead atoms. The van der Waals surface area contributed by atoms with E-state index in [0.29, 0.717) is 11.6 Å². The molecule has 3 aromatic carbocycles. The second-order valence-electron chi connectivity index (χ2n) is 7.44. The maximum Gasteiger partial charge on any atom is 0.338 e. The highest BCUT2D eigenvalue weighted by atomic mass is 16.5. The monoisotopic (exact) mass is 439 g/mol. The summed E-state index contributed by atoms with van der Waals surface area (Å²) >= 11 is 0. The molecule has 1 aliphatic rings. The third kappa shape index (κ3) is 3.67. The number of esters is 1. The fourth-order valence-corrected chi connectivity index (χ4v) is 3.62. The van der Waals surface area contributed by atoms with Gasteiger partial charge in [-0.2, -0.15) is 0 Å². The van der Waals surface area contributed by atoms with E-state index in [2.05, 4.69) is 10.2 Å². The molecule has 0 N–H and O–H groups in total. The zero-order valence-electron chi connectivity index (χ0n) is 17.5. The van der Waals surface area contributed by atoms with Crippen LogP contribution in [0.3, 0.4) is 0 Å². The number of anilines is 1. The number of aromatic nitrogens is 2. The van der Waals surface area contributed by atoms with E-state index in [9.17, 15) is 14.4 Å². The lowest BCUT2D eigenvalue weighted by Gasteiger charge is -2.16. The van der Waals surface area contributed by atoms with Crippen molar-refractivity contribution >= 4 is 23.5 Å². The predicted molar refractivity (Wildman–Crippen MR) is 118 cm³/mol. The Balaban J connectivity index is 1.32. The number of para-hydroxylation sites is 1. The maximum atomic E-state index is 13.0. The molecular weight excluding hydrogens is 422 g/mol. The molecular formula is C25H17N3O5. The predicted octanol–water partition coefficient (Wildman–Crippen LogP) is 4.20. The highest BCUT2D eigenvalue weighted by molar-refractivity contribution is 6.34. The van der Waals surface area contributed by atoms with Crippen molar-refractivity contribution in [2.45, 2.75) is 13.5 Å². The van der Waals surface area contributed by atoms with Gasteiger partial charge in [-0.1, -0.05) is 36.4 Å². The molecule has 2 amide bonds. The van der Waals surface area contributed by atoms with Crippen LogP contribution < -0.4 is 4.90 Å². The largest absolute Gasteiger partial charge is 0.452 e. The number of hydrogen-bond acceptors (Lipinski definition) is 7. The van der Waals surface area contributed by atoms with Crippen LogP contribution in [0, 0.1) is 6.92 Å². The summed E-state index contributed by atoms with van der Waals surface area (Å²) < 4.78 is 10.8. The summed E-state index contributed by atoms with van der Waals surface area (Å²) in [6.07, 6.45) is 0. The summed E-state index contributed by atoms with van der Waals surface area (Å²) in [7, 11) is 0. The van der Waals surface area contributed by atoms with Gasteiger partial charge in [0.25, 0.3) is 17.7 Å². The standard InChI is InChI=1S/C25H17N3O5/c1-15-7-5-6-10-20(15)28-23(29)18-12-11-17(13-19(18)24(28)30)25(31)32-14-21-26-27-22(33-21)16-8-3-2-4-9-16/h2-13H,14H2,1H3. The van der Waals surface area contributed by atoms with Gasteiger partial charge in [-0.3, -0.25) is 9.59 Å². The van der Waals surface area contributed by atoms with Gasteiger partial charge < -0.3 is 9.15 Å². The van der Waals surface area contributed by atoms with E-state index in [4.69, 9.17) is 9.15 Å². The maximum absolute atomic E-state index is 13.0. The zero-order valence-corrected chi connectivity index (χ0v) is 17.5. The van der Waals surface area contributed by atoms with Crippen molar-refractivity contribution in [3.63, 3.8) is 0 Å². The molecule has 0 fully saturated rings. The molecule has 33 heavy (non-hydrogen) atoms. The van der Waals surface area contributed by atoms with Crippen molar-refractivity contribution in [1.29, 1.82) is 0 Å². The summed E-state index contributed by atoms with van der Waals surface area (Å²) in [5.74, 6) is -1.13. The first kappa shape index (κ1) is 20.3. The first-order valence-electron chi connectivity index (χ1n) is 10.2. The number of benzene rings is 3. The van der Waals surface area contributed by atoms with E-state index < -0.39 is 17.8 Å². The molecule has 4 aromatic rings. The van der Waals surface area contributed by atoms with Gasteiger partial charge >= 0.3 is 5.97 Å². The number of rotatable bonds is 5. The van der Waals surface area contributed by atoms with Crippen molar-refractivity contribution in [2.24, 2.45) is 0 Å². The van der Waals surface area contributed by atoms with Crippen LogP contribution in [0.15, 0.2) is 77.2 Å². The van der Waals surface area contributed by atoms with E-state index in [1.807, 2.05) is 49.4 Å². The lowest BCUT2D eigenvalue weighted by atomic mass is 10.1. The minimum absolute atomic E-state index is 0.139. The zero-order chi connectivity index (χ0) is 22.9. The molecule has 8 nitrogen and oxygen atoms in total. The Labute approximate surface area is 188 Å². The van der Waals surface area contributed by atoms with Crippen molar-refractivity contribution in [3.05, 3.63) is 101 Å². The van der Waals surface area contributed by atoms with E-state index >= 15 is 0 Å². The molecule has 2 heterocycles. The fourth-order valence-electron chi connectivity index (χ4n) is 3.62. The van der Waals surface area contributed by atoms with Gasteiger partial charge in [0, 0.05) is 5.56 Å². The SMILES string of the molecule is Cc1ccccc1N1C(=O)c2ccc(C(=O)OCc3nnc(-c4ccccc4)o3)cc2C1=O. The Morgan fingerprint density at radius 2 is 1.64 bits per heavy atom. The number of carbonyl (C=O) groups is 3. The number of nitrogens with zero attached hydrogens (tertiary/aromatic N) is 3. The van der Waals surface area contributed by atoms with Crippen molar-refractivity contribution < 1.29 is 23.5 Å². The molecule has 1 aliphatic heterocycles. The van der Waals surface area contributed by atoms with Crippen molar-refractivity contribution in [3.8, 4) is 11.5 Å². The summed E-state index contributed by atoms with van der Waals surface area (Å²) in [6, 6.07) is 20.6. The lowest BCUT2D eigenvalue weighted by Crippen LogP contribution is -2.29. The molecule has 0 aliphatic carbocycles. The van der Waals surface area contributed by atoms with Crippen LogP contribution in [0.4, 0.5) is 5.69 Å². The number of amides is 2. The molecule has 0 saturated carbocycles. The molecule has 0 radical (unpaired) electrons. The Bertz CT molecular complexity index is 1390.